The molecule has 1 amide bonds. The highest BCUT2D eigenvalue weighted by Gasteiger charge is 2.18. The first kappa shape index (κ1) is 11.3. The molecule has 0 aromatic carbocycles. The Morgan fingerprint density at radius 2 is 2.06 bits per heavy atom. The first-order valence-electron chi connectivity index (χ1n) is 4.74. The Kier molecular flexibility index (Phi) is 3.40. The lowest BCUT2D eigenvalue weighted by Gasteiger charge is -2.20. The minimum absolute atomic E-state index is 0.0201. The van der Waals surface area contributed by atoms with Crippen molar-refractivity contribution >= 4 is 34.9 Å². The van der Waals surface area contributed by atoms with Crippen LogP contribution >= 0.6 is 23.2 Å². The third-order valence-electron chi connectivity index (χ3n) is 2.22. The van der Waals surface area contributed by atoms with E-state index in [4.69, 9.17) is 23.2 Å². The van der Waals surface area contributed by atoms with Crippen LogP contribution in [0.25, 0.3) is 0 Å². The number of carbonyl (C=O) groups excluding carboxylic acids is 1. The molecule has 1 aromatic rings. The van der Waals surface area contributed by atoms with E-state index in [2.05, 4.69) is 20.5 Å². The molecule has 1 aliphatic heterocycles. The van der Waals surface area contributed by atoms with Gasteiger partial charge in [-0.15, -0.1) is 10.2 Å². The van der Waals surface area contributed by atoms with Gasteiger partial charge < -0.3 is 10.2 Å². The summed E-state index contributed by atoms with van der Waals surface area (Å²) in [5, 5.41) is 10.2. The van der Waals surface area contributed by atoms with E-state index in [-0.39, 0.29) is 16.3 Å². The van der Waals surface area contributed by atoms with Crippen molar-refractivity contribution in [3.8, 4) is 0 Å². The topological polar surface area (TPSA) is 71.0 Å². The fourth-order valence-electron chi connectivity index (χ4n) is 1.47. The van der Waals surface area contributed by atoms with Gasteiger partial charge in [-0.05, 0) is 11.6 Å². The standard InChI is InChI=1S/C8H9Cl2N5O/c9-6-7(12-8(10)14-13-6)15-3-1-5(16)11-2-4-15/h1-4H2,(H,11,16). The number of hydrogen-bond acceptors (Lipinski definition) is 5. The molecular weight excluding hydrogens is 253 g/mol. The maximum atomic E-state index is 11.2. The normalized spacial score (nSPS) is 16.9. The highest BCUT2D eigenvalue weighted by Crippen LogP contribution is 2.21. The molecule has 0 unspecified atom stereocenters. The molecular formula is C8H9Cl2N5O. The second-order valence-electron chi connectivity index (χ2n) is 3.28. The zero-order chi connectivity index (χ0) is 11.5. The Morgan fingerprint density at radius 3 is 2.88 bits per heavy atom. The molecule has 16 heavy (non-hydrogen) atoms. The number of halogens is 2. The van der Waals surface area contributed by atoms with Crippen LogP contribution in [0.3, 0.4) is 0 Å². The number of nitrogens with one attached hydrogen (secondary N) is 1. The Hall–Kier alpha value is -1.14. The SMILES string of the molecule is O=C1CCN(c2nc(Cl)nnc2Cl)CCN1. The van der Waals surface area contributed by atoms with E-state index in [0.29, 0.717) is 31.9 Å². The minimum atomic E-state index is 0.0201. The van der Waals surface area contributed by atoms with Gasteiger partial charge in [0.05, 0.1) is 0 Å². The number of hydrogen-bond donors (Lipinski definition) is 1. The zero-order valence-electron chi connectivity index (χ0n) is 8.28. The molecule has 1 aromatic heterocycles. The maximum Gasteiger partial charge on any atom is 0.245 e. The molecule has 0 bridgehead atoms. The van der Waals surface area contributed by atoms with Gasteiger partial charge in [0.2, 0.25) is 11.2 Å². The van der Waals surface area contributed by atoms with Gasteiger partial charge in [0.25, 0.3) is 0 Å². The lowest BCUT2D eigenvalue weighted by Crippen LogP contribution is -2.29. The van der Waals surface area contributed by atoms with Crippen LogP contribution < -0.4 is 10.2 Å². The summed E-state index contributed by atoms with van der Waals surface area (Å²) in [6.07, 6.45) is 0.401. The van der Waals surface area contributed by atoms with Gasteiger partial charge in [-0.1, -0.05) is 11.6 Å². The van der Waals surface area contributed by atoms with E-state index in [9.17, 15) is 4.79 Å². The summed E-state index contributed by atoms with van der Waals surface area (Å²) in [6.45, 7) is 1.72. The molecule has 1 saturated heterocycles. The van der Waals surface area contributed by atoms with Crippen LogP contribution in [-0.4, -0.2) is 40.7 Å². The van der Waals surface area contributed by atoms with E-state index in [0.717, 1.165) is 0 Å². The first-order chi connectivity index (χ1) is 7.66. The molecule has 0 aliphatic carbocycles. The highest BCUT2D eigenvalue weighted by atomic mass is 35.5. The molecule has 8 heteroatoms. The summed E-state index contributed by atoms with van der Waals surface area (Å²) in [5.41, 5.74) is 0. The summed E-state index contributed by atoms with van der Waals surface area (Å²) >= 11 is 11.5. The summed E-state index contributed by atoms with van der Waals surface area (Å²) in [4.78, 5) is 17.0. The Morgan fingerprint density at radius 1 is 1.25 bits per heavy atom. The average Bonchev–Trinajstić information content (AvgIpc) is 2.47. The first-order valence-corrected chi connectivity index (χ1v) is 5.50. The molecule has 0 atom stereocenters. The van der Waals surface area contributed by atoms with Crippen LogP contribution in [-0.2, 0) is 4.79 Å². The van der Waals surface area contributed by atoms with E-state index in [1.54, 1.807) is 0 Å². The highest BCUT2D eigenvalue weighted by molar-refractivity contribution is 6.32. The van der Waals surface area contributed by atoms with Crippen molar-refractivity contribution in [2.24, 2.45) is 0 Å². The number of carbonyl (C=O) groups is 1. The predicted molar refractivity (Wildman–Crippen MR) is 59.7 cm³/mol. The van der Waals surface area contributed by atoms with E-state index >= 15 is 0 Å². The summed E-state index contributed by atoms with van der Waals surface area (Å²) in [7, 11) is 0. The van der Waals surface area contributed by atoms with Crippen molar-refractivity contribution in [3.63, 3.8) is 0 Å². The summed E-state index contributed by atoms with van der Waals surface area (Å²) < 4.78 is 0. The molecule has 1 aliphatic rings. The minimum Gasteiger partial charge on any atom is -0.354 e. The molecule has 2 heterocycles. The number of rotatable bonds is 1. The molecule has 1 fully saturated rings. The molecule has 86 valence electrons. The van der Waals surface area contributed by atoms with Crippen LogP contribution in [0.4, 0.5) is 5.82 Å². The third kappa shape index (κ3) is 2.51. The Balaban J connectivity index is 2.22. The van der Waals surface area contributed by atoms with Gasteiger partial charge >= 0.3 is 0 Å². The van der Waals surface area contributed by atoms with Crippen molar-refractivity contribution < 1.29 is 4.79 Å². The fraction of sp³-hybridized carbons (Fsp3) is 0.500. The fourth-order valence-corrected chi connectivity index (χ4v) is 1.78. The van der Waals surface area contributed by atoms with Crippen molar-refractivity contribution in [1.29, 1.82) is 0 Å². The van der Waals surface area contributed by atoms with E-state index in [1.807, 2.05) is 4.90 Å². The predicted octanol–water partition coefficient (Wildman–Crippen LogP) is 0.505. The van der Waals surface area contributed by atoms with E-state index in [1.165, 1.54) is 0 Å². The van der Waals surface area contributed by atoms with Gasteiger partial charge in [0.15, 0.2) is 11.0 Å². The summed E-state index contributed by atoms with van der Waals surface area (Å²) in [6, 6.07) is 0. The van der Waals surface area contributed by atoms with Crippen LogP contribution in [0.5, 0.6) is 0 Å². The molecule has 1 N–H and O–H groups in total. The van der Waals surface area contributed by atoms with Gasteiger partial charge in [0, 0.05) is 26.1 Å². The van der Waals surface area contributed by atoms with E-state index < -0.39 is 0 Å². The van der Waals surface area contributed by atoms with Crippen molar-refractivity contribution in [3.05, 3.63) is 10.4 Å². The molecule has 0 radical (unpaired) electrons. The number of anilines is 1. The van der Waals surface area contributed by atoms with Crippen molar-refractivity contribution in [1.82, 2.24) is 20.5 Å². The van der Waals surface area contributed by atoms with Crippen molar-refractivity contribution in [2.75, 3.05) is 24.5 Å². The van der Waals surface area contributed by atoms with Gasteiger partial charge in [-0.25, -0.2) is 0 Å². The maximum absolute atomic E-state index is 11.2. The molecule has 2 rings (SSSR count). The molecule has 0 spiro atoms. The third-order valence-corrected chi connectivity index (χ3v) is 2.62. The monoisotopic (exact) mass is 261 g/mol. The van der Waals surface area contributed by atoms with Crippen LogP contribution in [0, 0.1) is 0 Å². The Bertz CT molecular complexity index is 413. The second kappa shape index (κ2) is 4.80. The van der Waals surface area contributed by atoms with Crippen LogP contribution in [0.15, 0.2) is 0 Å². The smallest absolute Gasteiger partial charge is 0.245 e. The molecule has 0 saturated carbocycles. The second-order valence-corrected chi connectivity index (χ2v) is 3.98. The van der Waals surface area contributed by atoms with Gasteiger partial charge in [0.1, 0.15) is 0 Å². The van der Waals surface area contributed by atoms with Crippen LogP contribution in [0.1, 0.15) is 6.42 Å². The molecule has 6 nitrogen and oxygen atoms in total. The largest absolute Gasteiger partial charge is 0.354 e. The number of amides is 1. The summed E-state index contributed by atoms with van der Waals surface area (Å²) in [5.74, 6) is 0.491. The Labute approximate surface area is 102 Å². The number of aromatic nitrogens is 3. The lowest BCUT2D eigenvalue weighted by molar-refractivity contribution is -0.120. The van der Waals surface area contributed by atoms with Gasteiger partial charge in [-0.3, -0.25) is 4.79 Å². The lowest BCUT2D eigenvalue weighted by atomic mass is 10.4. The van der Waals surface area contributed by atoms with Crippen LogP contribution in [0.2, 0.25) is 10.4 Å². The quantitative estimate of drug-likeness (QED) is 0.798. The average molecular weight is 262 g/mol. The van der Waals surface area contributed by atoms with Crippen molar-refractivity contribution in [2.45, 2.75) is 6.42 Å². The van der Waals surface area contributed by atoms with Gasteiger partial charge in [-0.2, -0.15) is 4.98 Å². The number of nitrogens with zero attached hydrogens (tertiary/aromatic N) is 4. The zero-order valence-corrected chi connectivity index (χ0v) is 9.79.